The van der Waals surface area contributed by atoms with Gasteiger partial charge in [0.2, 0.25) is 4.80 Å². The summed E-state index contributed by atoms with van der Waals surface area (Å²) in [4.78, 5) is 12.9. The number of thiazole rings is 1. The fourth-order valence-corrected chi connectivity index (χ4v) is 3.63. The first-order valence-corrected chi connectivity index (χ1v) is 9.08. The van der Waals surface area contributed by atoms with Gasteiger partial charge in [0.25, 0.3) is 5.91 Å². The fourth-order valence-electron chi connectivity index (χ4n) is 2.65. The van der Waals surface area contributed by atoms with E-state index in [4.69, 9.17) is 9.47 Å². The number of aromatic nitrogens is 1. The first-order valence-electron chi connectivity index (χ1n) is 8.26. The van der Waals surface area contributed by atoms with E-state index in [1.54, 1.807) is 6.92 Å². The third-order valence-electron chi connectivity index (χ3n) is 4.15. The van der Waals surface area contributed by atoms with Crippen LogP contribution in [0, 0.1) is 0 Å². The highest BCUT2D eigenvalue weighted by atomic mass is 32.1. The number of nitrogens with one attached hydrogen (secondary N) is 1. The van der Waals surface area contributed by atoms with Crippen molar-refractivity contribution in [3.63, 3.8) is 0 Å². The lowest BCUT2D eigenvalue weighted by atomic mass is 10.1. The standard InChI is InChI=1S/C17H23N3O3S/c1-12(23-11-13-7-5-6-10-22-13)16(21)18-19-17-20(2)14-8-3-4-9-15(14)24-17/h3-4,8-9,12-13H,5-7,10-11H2,1-2H3,(H,18,21)/b19-17+. The van der Waals surface area contributed by atoms with Crippen LogP contribution in [0.1, 0.15) is 26.2 Å². The van der Waals surface area contributed by atoms with Gasteiger partial charge in [0.1, 0.15) is 6.10 Å². The Labute approximate surface area is 145 Å². The number of ether oxygens (including phenoxy) is 2. The topological polar surface area (TPSA) is 64.8 Å². The number of carbonyl (C=O) groups excluding carboxylic acids is 1. The Morgan fingerprint density at radius 3 is 3.08 bits per heavy atom. The normalized spacial score (nSPS) is 20.2. The van der Waals surface area contributed by atoms with Gasteiger partial charge in [0, 0.05) is 13.7 Å². The molecule has 1 aliphatic heterocycles. The lowest BCUT2D eigenvalue weighted by molar-refractivity contribution is -0.135. The minimum Gasteiger partial charge on any atom is -0.376 e. The Bertz CT molecular complexity index is 762. The summed E-state index contributed by atoms with van der Waals surface area (Å²) in [7, 11) is 1.93. The van der Waals surface area contributed by atoms with E-state index in [0.29, 0.717) is 6.61 Å². The predicted molar refractivity (Wildman–Crippen MR) is 93.5 cm³/mol. The molecule has 2 aromatic rings. The van der Waals surface area contributed by atoms with Crippen LogP contribution in [-0.4, -0.2) is 35.9 Å². The highest BCUT2D eigenvalue weighted by Gasteiger charge is 2.18. The molecular formula is C17H23N3O3S. The van der Waals surface area contributed by atoms with Gasteiger partial charge in [-0.3, -0.25) is 4.79 Å². The van der Waals surface area contributed by atoms with Gasteiger partial charge in [0.05, 0.1) is 22.9 Å². The smallest absolute Gasteiger partial charge is 0.268 e. The molecule has 0 bridgehead atoms. The zero-order chi connectivity index (χ0) is 16.9. The van der Waals surface area contributed by atoms with Crippen molar-refractivity contribution in [3.05, 3.63) is 29.1 Å². The van der Waals surface area contributed by atoms with Crippen LogP contribution in [-0.2, 0) is 21.3 Å². The quantitative estimate of drug-likeness (QED) is 0.841. The molecule has 1 saturated heterocycles. The van der Waals surface area contributed by atoms with Crippen LogP contribution in [0.4, 0.5) is 0 Å². The highest BCUT2D eigenvalue weighted by molar-refractivity contribution is 7.16. The fraction of sp³-hybridized carbons (Fsp3) is 0.529. The Balaban J connectivity index is 1.58. The molecule has 0 saturated carbocycles. The number of benzene rings is 1. The van der Waals surface area contributed by atoms with Crippen LogP contribution in [0.15, 0.2) is 29.4 Å². The van der Waals surface area contributed by atoms with Crippen molar-refractivity contribution in [2.75, 3.05) is 13.2 Å². The first kappa shape index (κ1) is 17.1. The van der Waals surface area contributed by atoms with Gasteiger partial charge in [-0.25, -0.2) is 5.43 Å². The first-order chi connectivity index (χ1) is 11.6. The van der Waals surface area contributed by atoms with Crippen molar-refractivity contribution in [1.29, 1.82) is 0 Å². The second-order valence-electron chi connectivity index (χ2n) is 5.96. The summed E-state index contributed by atoms with van der Waals surface area (Å²) < 4.78 is 14.3. The number of carbonyl (C=O) groups is 1. The SMILES string of the molecule is CC(OCC1CCCCO1)C(=O)N/N=c1/sc2ccccc2n1C. The summed E-state index contributed by atoms with van der Waals surface area (Å²) in [6, 6.07) is 8.05. The molecule has 1 aromatic heterocycles. The van der Waals surface area contributed by atoms with Crippen molar-refractivity contribution < 1.29 is 14.3 Å². The lowest BCUT2D eigenvalue weighted by Crippen LogP contribution is -2.35. The molecule has 0 radical (unpaired) electrons. The summed E-state index contributed by atoms with van der Waals surface area (Å²) in [5.74, 6) is -0.247. The monoisotopic (exact) mass is 349 g/mol. The molecular weight excluding hydrogens is 326 g/mol. The van der Waals surface area contributed by atoms with E-state index in [9.17, 15) is 4.79 Å². The zero-order valence-electron chi connectivity index (χ0n) is 14.0. The Kier molecular flexibility index (Phi) is 5.65. The maximum Gasteiger partial charge on any atom is 0.268 e. The second kappa shape index (κ2) is 7.92. The molecule has 0 aliphatic carbocycles. The van der Waals surface area contributed by atoms with Crippen molar-refractivity contribution in [3.8, 4) is 0 Å². The third kappa shape index (κ3) is 4.03. The summed E-state index contributed by atoms with van der Waals surface area (Å²) >= 11 is 1.53. The lowest BCUT2D eigenvalue weighted by Gasteiger charge is -2.23. The Morgan fingerprint density at radius 1 is 1.50 bits per heavy atom. The number of aryl methyl sites for hydroxylation is 1. The molecule has 1 amide bonds. The van der Waals surface area contributed by atoms with Crippen LogP contribution in [0.3, 0.4) is 0 Å². The van der Waals surface area contributed by atoms with Gasteiger partial charge in [-0.2, -0.15) is 0 Å². The summed E-state index contributed by atoms with van der Waals surface area (Å²) in [5, 5.41) is 4.23. The largest absolute Gasteiger partial charge is 0.376 e. The van der Waals surface area contributed by atoms with Crippen LogP contribution in [0.5, 0.6) is 0 Å². The number of rotatable bonds is 5. The summed E-state index contributed by atoms with van der Waals surface area (Å²) in [6.45, 7) is 2.97. The molecule has 130 valence electrons. The average molecular weight is 349 g/mol. The number of amides is 1. The van der Waals surface area contributed by atoms with Crippen molar-refractivity contribution in [1.82, 2.24) is 9.99 Å². The van der Waals surface area contributed by atoms with E-state index in [2.05, 4.69) is 10.5 Å². The van der Waals surface area contributed by atoms with E-state index in [1.165, 1.54) is 11.3 Å². The molecule has 0 spiro atoms. The Morgan fingerprint density at radius 2 is 2.33 bits per heavy atom. The number of hydrogen-bond acceptors (Lipinski definition) is 5. The van der Waals surface area contributed by atoms with Crippen molar-refractivity contribution in [2.24, 2.45) is 12.1 Å². The number of hydrogen-bond donors (Lipinski definition) is 1. The minimum atomic E-state index is -0.557. The summed E-state index contributed by atoms with van der Waals surface area (Å²) in [5.41, 5.74) is 3.69. The minimum absolute atomic E-state index is 0.103. The van der Waals surface area contributed by atoms with Crippen LogP contribution in [0.2, 0.25) is 0 Å². The van der Waals surface area contributed by atoms with E-state index in [0.717, 1.165) is 40.9 Å². The molecule has 3 rings (SSSR count). The molecule has 1 aromatic carbocycles. The highest BCUT2D eigenvalue weighted by Crippen LogP contribution is 2.15. The average Bonchev–Trinajstić information content (AvgIpc) is 2.95. The summed E-state index contributed by atoms with van der Waals surface area (Å²) in [6.07, 6.45) is 2.81. The maximum absolute atomic E-state index is 12.1. The second-order valence-corrected chi connectivity index (χ2v) is 6.97. The zero-order valence-corrected chi connectivity index (χ0v) is 14.8. The molecule has 24 heavy (non-hydrogen) atoms. The van der Waals surface area contributed by atoms with Gasteiger partial charge in [-0.1, -0.05) is 23.5 Å². The third-order valence-corrected chi connectivity index (χ3v) is 5.26. The van der Waals surface area contributed by atoms with Gasteiger partial charge >= 0.3 is 0 Å². The molecule has 1 N–H and O–H groups in total. The van der Waals surface area contributed by atoms with Crippen LogP contribution in [0.25, 0.3) is 10.2 Å². The van der Waals surface area contributed by atoms with Crippen LogP contribution >= 0.6 is 11.3 Å². The number of fused-ring (bicyclic) bond motifs is 1. The van der Waals surface area contributed by atoms with Crippen LogP contribution < -0.4 is 10.2 Å². The van der Waals surface area contributed by atoms with Gasteiger partial charge in [-0.15, -0.1) is 5.10 Å². The molecule has 1 fully saturated rings. The maximum atomic E-state index is 12.1. The molecule has 2 heterocycles. The molecule has 7 heteroatoms. The number of para-hydroxylation sites is 1. The molecule has 2 atom stereocenters. The van der Waals surface area contributed by atoms with Gasteiger partial charge in [-0.05, 0) is 38.3 Å². The predicted octanol–water partition coefficient (Wildman–Crippen LogP) is 2.15. The Hall–Kier alpha value is -1.70. The number of nitrogens with zero attached hydrogens (tertiary/aromatic N) is 2. The van der Waals surface area contributed by atoms with E-state index < -0.39 is 6.10 Å². The van der Waals surface area contributed by atoms with E-state index >= 15 is 0 Å². The van der Waals surface area contributed by atoms with Crippen molar-refractivity contribution in [2.45, 2.75) is 38.4 Å². The molecule has 2 unspecified atom stereocenters. The molecule has 6 nitrogen and oxygen atoms in total. The van der Waals surface area contributed by atoms with Crippen molar-refractivity contribution >= 4 is 27.5 Å². The van der Waals surface area contributed by atoms with Gasteiger partial charge < -0.3 is 14.0 Å². The van der Waals surface area contributed by atoms with E-state index in [1.807, 2.05) is 35.9 Å². The van der Waals surface area contributed by atoms with E-state index in [-0.39, 0.29) is 12.0 Å². The molecule has 1 aliphatic rings. The van der Waals surface area contributed by atoms with Gasteiger partial charge in [0.15, 0.2) is 0 Å².